The van der Waals surface area contributed by atoms with Gasteiger partial charge >= 0.3 is 0 Å². The summed E-state index contributed by atoms with van der Waals surface area (Å²) in [5, 5.41) is 1.07. The molecule has 0 fully saturated rings. The molecule has 0 aliphatic carbocycles. The van der Waals surface area contributed by atoms with E-state index in [1.54, 1.807) is 6.07 Å². The molecule has 0 saturated carbocycles. The van der Waals surface area contributed by atoms with Gasteiger partial charge in [-0.05, 0) is 37.6 Å². The Kier molecular flexibility index (Phi) is 3.57. The Morgan fingerprint density at radius 3 is 2.71 bits per heavy atom. The van der Waals surface area contributed by atoms with Crippen molar-refractivity contribution in [2.45, 2.75) is 20.5 Å². The fourth-order valence-corrected chi connectivity index (χ4v) is 2.40. The average molecular weight is 281 g/mol. The Morgan fingerprint density at radius 2 is 1.86 bits per heavy atom. The first-order chi connectivity index (χ1) is 10.1. The molecule has 0 saturated heterocycles. The van der Waals surface area contributed by atoms with Gasteiger partial charge in [0.1, 0.15) is 18.2 Å². The van der Waals surface area contributed by atoms with E-state index < -0.39 is 0 Å². The first-order valence-electron chi connectivity index (χ1n) is 6.88. The Bertz CT molecular complexity index is 798. The standard InChI is InChI=1S/C18H16FNO/c1-12-7-8-15(19)10-18(12)21-11-14-9-13(2)20-17-6-4-3-5-16(14)17/h3-10H,11H2,1-2H3. The van der Waals surface area contributed by atoms with Crippen molar-refractivity contribution < 1.29 is 9.13 Å². The Hall–Kier alpha value is -2.42. The zero-order valence-corrected chi connectivity index (χ0v) is 12.1. The van der Waals surface area contributed by atoms with E-state index in [0.29, 0.717) is 12.4 Å². The lowest BCUT2D eigenvalue weighted by molar-refractivity contribution is 0.303. The highest BCUT2D eigenvalue weighted by molar-refractivity contribution is 5.82. The van der Waals surface area contributed by atoms with E-state index in [1.165, 1.54) is 12.1 Å². The fraction of sp³-hybridized carbons (Fsp3) is 0.167. The molecule has 0 aliphatic rings. The number of fused-ring (bicyclic) bond motifs is 1. The molecule has 1 aromatic heterocycles. The summed E-state index contributed by atoms with van der Waals surface area (Å²) in [5.41, 5.74) is 3.88. The number of aromatic nitrogens is 1. The number of aryl methyl sites for hydroxylation is 2. The summed E-state index contributed by atoms with van der Waals surface area (Å²) in [5.74, 6) is 0.292. The number of nitrogens with zero attached hydrogens (tertiary/aromatic N) is 1. The second-order valence-electron chi connectivity index (χ2n) is 5.14. The number of halogens is 1. The van der Waals surface area contributed by atoms with Crippen LogP contribution in [0.15, 0.2) is 48.5 Å². The second-order valence-corrected chi connectivity index (χ2v) is 5.14. The summed E-state index contributed by atoms with van der Waals surface area (Å²) in [6.45, 7) is 4.27. The topological polar surface area (TPSA) is 22.1 Å². The van der Waals surface area contributed by atoms with Crippen LogP contribution in [0.3, 0.4) is 0 Å². The molecule has 0 atom stereocenters. The van der Waals surface area contributed by atoms with Gasteiger partial charge in [0, 0.05) is 22.7 Å². The van der Waals surface area contributed by atoms with E-state index >= 15 is 0 Å². The lowest BCUT2D eigenvalue weighted by Crippen LogP contribution is -2.00. The monoisotopic (exact) mass is 281 g/mol. The molecule has 0 N–H and O–H groups in total. The van der Waals surface area contributed by atoms with Crippen LogP contribution in [-0.4, -0.2) is 4.98 Å². The molecule has 106 valence electrons. The highest BCUT2D eigenvalue weighted by atomic mass is 19.1. The molecule has 1 heterocycles. The lowest BCUT2D eigenvalue weighted by Gasteiger charge is -2.11. The van der Waals surface area contributed by atoms with E-state index in [2.05, 4.69) is 4.98 Å². The van der Waals surface area contributed by atoms with Gasteiger partial charge in [0.05, 0.1) is 5.52 Å². The zero-order valence-electron chi connectivity index (χ0n) is 12.1. The first-order valence-corrected chi connectivity index (χ1v) is 6.88. The normalized spacial score (nSPS) is 10.8. The third-order valence-electron chi connectivity index (χ3n) is 3.46. The van der Waals surface area contributed by atoms with Crippen molar-refractivity contribution in [3.8, 4) is 5.75 Å². The largest absolute Gasteiger partial charge is 0.489 e. The Balaban J connectivity index is 1.93. The highest BCUT2D eigenvalue weighted by Gasteiger charge is 2.06. The molecular weight excluding hydrogens is 265 g/mol. The molecule has 2 nitrogen and oxygen atoms in total. The van der Waals surface area contributed by atoms with Crippen LogP contribution in [0.25, 0.3) is 10.9 Å². The summed E-state index contributed by atoms with van der Waals surface area (Å²) in [6.07, 6.45) is 0. The van der Waals surface area contributed by atoms with Crippen LogP contribution in [0, 0.1) is 19.7 Å². The molecule has 21 heavy (non-hydrogen) atoms. The Labute approximate surface area is 123 Å². The summed E-state index contributed by atoms with van der Waals surface area (Å²) >= 11 is 0. The quantitative estimate of drug-likeness (QED) is 0.701. The third-order valence-corrected chi connectivity index (χ3v) is 3.46. The molecule has 0 amide bonds. The molecule has 0 radical (unpaired) electrons. The number of benzene rings is 2. The third kappa shape index (κ3) is 2.87. The SMILES string of the molecule is Cc1cc(COc2cc(F)ccc2C)c2ccccc2n1. The second kappa shape index (κ2) is 5.52. The molecule has 0 unspecified atom stereocenters. The van der Waals surface area contributed by atoms with Gasteiger partial charge in [0.25, 0.3) is 0 Å². The van der Waals surface area contributed by atoms with Gasteiger partial charge < -0.3 is 4.74 Å². The number of ether oxygens (including phenoxy) is 1. The van der Waals surface area contributed by atoms with Crippen LogP contribution >= 0.6 is 0 Å². The van der Waals surface area contributed by atoms with Crippen molar-refractivity contribution in [3.63, 3.8) is 0 Å². The van der Waals surface area contributed by atoms with Gasteiger partial charge in [-0.1, -0.05) is 24.3 Å². The molecular formula is C18H16FNO. The summed E-state index contributed by atoms with van der Waals surface area (Å²) in [6, 6.07) is 14.6. The molecule has 0 spiro atoms. The maximum Gasteiger partial charge on any atom is 0.126 e. The lowest BCUT2D eigenvalue weighted by atomic mass is 10.1. The highest BCUT2D eigenvalue weighted by Crippen LogP contribution is 2.23. The summed E-state index contributed by atoms with van der Waals surface area (Å²) in [7, 11) is 0. The smallest absolute Gasteiger partial charge is 0.126 e. The van der Waals surface area contributed by atoms with Crippen molar-refractivity contribution in [3.05, 3.63) is 71.2 Å². The molecule has 2 aromatic carbocycles. The number of rotatable bonds is 3. The number of para-hydroxylation sites is 1. The van der Waals surface area contributed by atoms with Crippen molar-refractivity contribution in [2.24, 2.45) is 0 Å². The Morgan fingerprint density at radius 1 is 1.05 bits per heavy atom. The molecule has 3 rings (SSSR count). The minimum Gasteiger partial charge on any atom is -0.489 e. The van der Waals surface area contributed by atoms with Crippen molar-refractivity contribution in [1.82, 2.24) is 4.98 Å². The fourth-order valence-electron chi connectivity index (χ4n) is 2.40. The van der Waals surface area contributed by atoms with Crippen LogP contribution in [0.2, 0.25) is 0 Å². The number of hydrogen-bond acceptors (Lipinski definition) is 2. The molecule has 3 aromatic rings. The predicted molar refractivity (Wildman–Crippen MR) is 81.9 cm³/mol. The van der Waals surface area contributed by atoms with E-state index in [-0.39, 0.29) is 5.82 Å². The van der Waals surface area contributed by atoms with Crippen molar-refractivity contribution >= 4 is 10.9 Å². The first kappa shape index (κ1) is 13.6. The van der Waals surface area contributed by atoms with Gasteiger partial charge in [-0.25, -0.2) is 4.39 Å². The number of pyridine rings is 1. The van der Waals surface area contributed by atoms with E-state index in [1.807, 2.05) is 44.2 Å². The maximum atomic E-state index is 13.3. The van der Waals surface area contributed by atoms with Crippen LogP contribution in [0.5, 0.6) is 5.75 Å². The predicted octanol–water partition coefficient (Wildman–Crippen LogP) is 4.57. The van der Waals surface area contributed by atoms with Crippen LogP contribution in [0.4, 0.5) is 4.39 Å². The minimum atomic E-state index is -0.286. The van der Waals surface area contributed by atoms with Crippen LogP contribution < -0.4 is 4.74 Å². The van der Waals surface area contributed by atoms with Gasteiger partial charge in [-0.15, -0.1) is 0 Å². The molecule has 0 bridgehead atoms. The van der Waals surface area contributed by atoms with Crippen molar-refractivity contribution in [2.75, 3.05) is 0 Å². The van der Waals surface area contributed by atoms with Crippen LogP contribution in [-0.2, 0) is 6.61 Å². The van der Waals surface area contributed by atoms with E-state index in [0.717, 1.165) is 27.7 Å². The van der Waals surface area contributed by atoms with Crippen molar-refractivity contribution in [1.29, 1.82) is 0 Å². The average Bonchev–Trinajstić information content (AvgIpc) is 2.47. The van der Waals surface area contributed by atoms with Gasteiger partial charge in [0.15, 0.2) is 0 Å². The van der Waals surface area contributed by atoms with Gasteiger partial charge in [-0.2, -0.15) is 0 Å². The molecule has 3 heteroatoms. The molecule has 0 aliphatic heterocycles. The summed E-state index contributed by atoms with van der Waals surface area (Å²) in [4.78, 5) is 4.51. The van der Waals surface area contributed by atoms with Gasteiger partial charge in [0.2, 0.25) is 0 Å². The van der Waals surface area contributed by atoms with E-state index in [4.69, 9.17) is 4.74 Å². The summed E-state index contributed by atoms with van der Waals surface area (Å²) < 4.78 is 19.1. The zero-order chi connectivity index (χ0) is 14.8. The number of hydrogen-bond donors (Lipinski definition) is 0. The van der Waals surface area contributed by atoms with Gasteiger partial charge in [-0.3, -0.25) is 4.98 Å². The van der Waals surface area contributed by atoms with E-state index in [9.17, 15) is 4.39 Å². The van der Waals surface area contributed by atoms with Crippen LogP contribution in [0.1, 0.15) is 16.8 Å². The minimum absolute atomic E-state index is 0.286. The maximum absolute atomic E-state index is 13.3.